The van der Waals surface area contributed by atoms with E-state index in [1.54, 1.807) is 24.3 Å². The summed E-state index contributed by atoms with van der Waals surface area (Å²) in [5, 5.41) is 6.22. The molecule has 0 fully saturated rings. The molecule has 1 N–H and O–H groups in total. The van der Waals surface area contributed by atoms with Crippen molar-refractivity contribution in [3.63, 3.8) is 0 Å². The Hall–Kier alpha value is -3.03. The van der Waals surface area contributed by atoms with Crippen LogP contribution in [0.15, 0.2) is 53.7 Å². The van der Waals surface area contributed by atoms with E-state index in [4.69, 9.17) is 9.57 Å². The predicted molar refractivity (Wildman–Crippen MR) is 89.8 cm³/mol. The summed E-state index contributed by atoms with van der Waals surface area (Å²) in [5.74, 6) is -0.160. The topological polar surface area (TPSA) is 59.9 Å². The fraction of sp³-hybridized carbons (Fsp3) is 0.222. The maximum absolute atomic E-state index is 12.6. The van der Waals surface area contributed by atoms with Crippen LogP contribution in [0.2, 0.25) is 0 Å². The number of carbonyl (C=O) groups excluding carboxylic acids is 1. The third kappa shape index (κ3) is 4.75. The van der Waals surface area contributed by atoms with E-state index in [2.05, 4.69) is 10.5 Å². The summed E-state index contributed by atoms with van der Waals surface area (Å²) >= 11 is 0. The summed E-state index contributed by atoms with van der Waals surface area (Å²) in [4.78, 5) is 16.7. The van der Waals surface area contributed by atoms with Crippen molar-refractivity contribution in [1.29, 1.82) is 0 Å². The molecule has 0 bridgehead atoms. The lowest BCUT2D eigenvalue weighted by atomic mass is 10.0. The minimum absolute atomic E-state index is 0.0429. The Kier molecular flexibility index (Phi) is 6.21. The number of nitrogens with one attached hydrogen (secondary N) is 1. The number of halogens is 3. The van der Waals surface area contributed by atoms with E-state index in [1.807, 2.05) is 0 Å². The number of nitrogens with zero attached hydrogens (tertiary/aromatic N) is 1. The van der Waals surface area contributed by atoms with Gasteiger partial charge in [-0.15, -0.1) is 0 Å². The van der Waals surface area contributed by atoms with Crippen LogP contribution in [0.25, 0.3) is 0 Å². The van der Waals surface area contributed by atoms with Crippen molar-refractivity contribution >= 4 is 11.6 Å². The van der Waals surface area contributed by atoms with Crippen LogP contribution in [0.5, 0.6) is 5.75 Å². The molecule has 0 unspecified atom stereocenters. The molecule has 0 aliphatic carbocycles. The smallest absolute Gasteiger partial charge is 0.416 e. The van der Waals surface area contributed by atoms with E-state index >= 15 is 0 Å². The van der Waals surface area contributed by atoms with Crippen LogP contribution in [-0.2, 0) is 22.4 Å². The Bertz CT molecular complexity index is 787. The van der Waals surface area contributed by atoms with Crippen molar-refractivity contribution in [1.82, 2.24) is 5.32 Å². The van der Waals surface area contributed by atoms with Gasteiger partial charge in [0, 0.05) is 12.6 Å². The average Bonchev–Trinajstić information content (AvgIpc) is 2.64. The molecule has 1 amide bonds. The van der Waals surface area contributed by atoms with E-state index in [0.29, 0.717) is 11.1 Å². The minimum Gasteiger partial charge on any atom is -0.489 e. The molecule has 0 aliphatic rings. The van der Waals surface area contributed by atoms with Crippen LogP contribution < -0.4 is 10.1 Å². The van der Waals surface area contributed by atoms with Gasteiger partial charge in [0.05, 0.1) is 5.56 Å². The van der Waals surface area contributed by atoms with Crippen LogP contribution in [0.1, 0.15) is 16.7 Å². The maximum Gasteiger partial charge on any atom is 0.416 e. The van der Waals surface area contributed by atoms with Gasteiger partial charge >= 0.3 is 6.18 Å². The van der Waals surface area contributed by atoms with Crippen molar-refractivity contribution in [3.05, 3.63) is 65.2 Å². The van der Waals surface area contributed by atoms with E-state index < -0.39 is 17.6 Å². The van der Waals surface area contributed by atoms with Gasteiger partial charge in [0.15, 0.2) is 5.71 Å². The highest BCUT2D eigenvalue weighted by molar-refractivity contribution is 6.45. The first-order chi connectivity index (χ1) is 12.4. The Balaban J connectivity index is 2.20. The first-order valence-corrected chi connectivity index (χ1v) is 7.58. The maximum atomic E-state index is 12.6. The number of ether oxygens (including phenoxy) is 1. The molecule has 0 aromatic heterocycles. The number of benzene rings is 2. The van der Waals surface area contributed by atoms with Gasteiger partial charge in [0.1, 0.15) is 19.5 Å². The van der Waals surface area contributed by atoms with Crippen molar-refractivity contribution in [2.75, 3.05) is 14.2 Å². The van der Waals surface area contributed by atoms with Gasteiger partial charge in [-0.3, -0.25) is 4.79 Å². The Morgan fingerprint density at radius 1 is 1.12 bits per heavy atom. The summed E-state index contributed by atoms with van der Waals surface area (Å²) in [6.07, 6.45) is -4.40. The van der Waals surface area contributed by atoms with Crippen LogP contribution >= 0.6 is 0 Å². The molecule has 0 spiro atoms. The minimum atomic E-state index is -4.40. The van der Waals surface area contributed by atoms with Gasteiger partial charge in [-0.25, -0.2) is 0 Å². The predicted octanol–water partition coefficient (Wildman–Crippen LogP) is 3.38. The van der Waals surface area contributed by atoms with Crippen molar-refractivity contribution < 1.29 is 27.5 Å². The molecular weight excluding hydrogens is 349 g/mol. The lowest BCUT2D eigenvalue weighted by Gasteiger charge is -2.13. The summed E-state index contributed by atoms with van der Waals surface area (Å²) in [5.41, 5.74) is 0.452. The second-order valence-corrected chi connectivity index (χ2v) is 5.17. The Morgan fingerprint density at radius 2 is 1.77 bits per heavy atom. The molecule has 138 valence electrons. The van der Waals surface area contributed by atoms with E-state index in [1.165, 1.54) is 26.3 Å². The van der Waals surface area contributed by atoms with Crippen molar-refractivity contribution in [2.45, 2.75) is 12.8 Å². The zero-order chi connectivity index (χ0) is 19.2. The molecule has 2 aromatic carbocycles. The van der Waals surface area contributed by atoms with E-state index in [-0.39, 0.29) is 18.1 Å². The third-order valence-corrected chi connectivity index (χ3v) is 3.47. The largest absolute Gasteiger partial charge is 0.489 e. The standard InChI is InChI=1S/C18H17F3N2O3/c1-22-17(24)16(23-25-2)15-6-4-3-5-12(15)11-26-14-9-7-13(8-10-14)18(19,20)21/h3-10H,11H2,1-2H3,(H,22,24). The van der Waals surface area contributed by atoms with Gasteiger partial charge in [0.2, 0.25) is 0 Å². The summed E-state index contributed by atoms with van der Waals surface area (Å²) in [7, 11) is 2.79. The normalized spacial score (nSPS) is 11.8. The van der Waals surface area contributed by atoms with Crippen LogP contribution in [-0.4, -0.2) is 25.8 Å². The fourth-order valence-corrected chi connectivity index (χ4v) is 2.20. The molecule has 26 heavy (non-hydrogen) atoms. The highest BCUT2D eigenvalue weighted by Gasteiger charge is 2.30. The fourth-order valence-electron chi connectivity index (χ4n) is 2.20. The van der Waals surface area contributed by atoms with Crippen LogP contribution in [0.4, 0.5) is 13.2 Å². The quantitative estimate of drug-likeness (QED) is 0.630. The number of carbonyl (C=O) groups is 1. The van der Waals surface area contributed by atoms with Gasteiger partial charge < -0.3 is 14.9 Å². The molecular formula is C18H17F3N2O3. The van der Waals surface area contributed by atoms with Crippen molar-refractivity contribution in [2.24, 2.45) is 5.16 Å². The molecule has 8 heteroatoms. The zero-order valence-corrected chi connectivity index (χ0v) is 14.1. The first-order valence-electron chi connectivity index (χ1n) is 7.58. The zero-order valence-electron chi connectivity index (χ0n) is 14.1. The molecule has 2 rings (SSSR count). The molecule has 0 atom stereocenters. The number of alkyl halides is 3. The molecule has 0 radical (unpaired) electrons. The lowest BCUT2D eigenvalue weighted by molar-refractivity contribution is -0.137. The monoisotopic (exact) mass is 366 g/mol. The average molecular weight is 366 g/mol. The summed E-state index contributed by atoms with van der Waals surface area (Å²) in [6, 6.07) is 11.3. The summed E-state index contributed by atoms with van der Waals surface area (Å²) < 4.78 is 43.3. The Labute approximate surface area is 148 Å². The molecule has 0 aliphatic heterocycles. The van der Waals surface area contributed by atoms with Crippen LogP contribution in [0, 0.1) is 0 Å². The number of rotatable bonds is 6. The van der Waals surface area contributed by atoms with Crippen LogP contribution in [0.3, 0.4) is 0 Å². The molecule has 5 nitrogen and oxygen atoms in total. The number of hydrogen-bond donors (Lipinski definition) is 1. The number of likely N-dealkylation sites (N-methyl/N-ethyl adjacent to an activating group) is 1. The Morgan fingerprint density at radius 3 is 2.35 bits per heavy atom. The van der Waals surface area contributed by atoms with Gasteiger partial charge in [-0.2, -0.15) is 13.2 Å². The molecule has 0 heterocycles. The lowest BCUT2D eigenvalue weighted by Crippen LogP contribution is -2.29. The van der Waals surface area contributed by atoms with Gasteiger partial charge in [-0.05, 0) is 29.8 Å². The molecule has 0 saturated carbocycles. The van der Waals surface area contributed by atoms with Gasteiger partial charge in [0.25, 0.3) is 5.91 Å². The number of oxime groups is 1. The molecule has 2 aromatic rings. The second kappa shape index (κ2) is 8.37. The molecule has 0 saturated heterocycles. The highest BCUT2D eigenvalue weighted by Crippen LogP contribution is 2.30. The third-order valence-electron chi connectivity index (χ3n) is 3.47. The first kappa shape index (κ1) is 19.3. The van der Waals surface area contributed by atoms with Crippen molar-refractivity contribution in [3.8, 4) is 5.75 Å². The number of hydrogen-bond acceptors (Lipinski definition) is 4. The van der Waals surface area contributed by atoms with E-state index in [9.17, 15) is 18.0 Å². The van der Waals surface area contributed by atoms with Gasteiger partial charge in [-0.1, -0.05) is 29.4 Å². The number of amides is 1. The van der Waals surface area contributed by atoms with E-state index in [0.717, 1.165) is 12.1 Å². The summed E-state index contributed by atoms with van der Waals surface area (Å²) in [6.45, 7) is 0.0429. The second-order valence-electron chi connectivity index (χ2n) is 5.17. The SMILES string of the molecule is CNC(=O)C(=NOC)c1ccccc1COc1ccc(C(F)(F)F)cc1. The highest BCUT2D eigenvalue weighted by atomic mass is 19.4.